The molecule has 2 saturated carbocycles. The monoisotopic (exact) mass is 464 g/mol. The number of hydrogen-bond donors (Lipinski definition) is 3. The largest absolute Gasteiger partial charge is 0.494 e. The van der Waals surface area contributed by atoms with Gasteiger partial charge in [0.05, 0.1) is 24.0 Å². The molecule has 1 heterocycles. The van der Waals surface area contributed by atoms with E-state index in [0.717, 1.165) is 25.7 Å². The average molecular weight is 465 g/mol. The molecule has 2 fully saturated rings. The second-order valence-electron chi connectivity index (χ2n) is 8.06. The molecule has 4 rings (SSSR count). The van der Waals surface area contributed by atoms with Crippen molar-refractivity contribution in [1.29, 1.82) is 5.41 Å². The minimum Gasteiger partial charge on any atom is -0.494 e. The SMILES string of the molecule is C=CC.CC.COc1c(Nc2cc(NC(=O)C3CC3)ncc2C(=O)C2CC2)cccc1C(C)=N. The Bertz CT molecular complexity index is 1040. The van der Waals surface area contributed by atoms with Crippen LogP contribution in [-0.2, 0) is 4.79 Å². The van der Waals surface area contributed by atoms with Crippen molar-refractivity contribution >= 4 is 34.6 Å². The van der Waals surface area contributed by atoms with Gasteiger partial charge in [0.15, 0.2) is 11.5 Å². The third kappa shape index (κ3) is 7.01. The number of aromatic nitrogens is 1. The standard InChI is InChI=1S/C22H24N4O3.C3H6.C2H6/c1-12(23)15-4-3-5-17(21(15)29-2)25-18-10-19(26-22(28)14-8-9-14)24-11-16(18)20(27)13-6-7-13;1-3-2;1-2/h3-5,10-11,13-14,23H,6-9H2,1-2H3,(H2,24,25,26,28);3H,1H2,2H3;1-2H3. The first-order valence-corrected chi connectivity index (χ1v) is 11.8. The van der Waals surface area contributed by atoms with Crippen LogP contribution in [0, 0.1) is 17.2 Å². The molecule has 0 aliphatic heterocycles. The van der Waals surface area contributed by atoms with Gasteiger partial charge in [-0.2, -0.15) is 0 Å². The summed E-state index contributed by atoms with van der Waals surface area (Å²) in [5.74, 6) is 1.07. The first kappa shape index (κ1) is 26.8. The van der Waals surface area contributed by atoms with Crippen molar-refractivity contribution < 1.29 is 14.3 Å². The van der Waals surface area contributed by atoms with Crippen LogP contribution in [0.25, 0.3) is 0 Å². The molecule has 0 saturated heterocycles. The van der Waals surface area contributed by atoms with Crippen LogP contribution in [0.5, 0.6) is 5.75 Å². The summed E-state index contributed by atoms with van der Waals surface area (Å²) in [7, 11) is 1.55. The van der Waals surface area contributed by atoms with Gasteiger partial charge in [0.25, 0.3) is 0 Å². The van der Waals surface area contributed by atoms with Crippen LogP contribution < -0.4 is 15.4 Å². The molecule has 1 aromatic heterocycles. The summed E-state index contributed by atoms with van der Waals surface area (Å²) in [5, 5.41) is 14.1. The van der Waals surface area contributed by atoms with Gasteiger partial charge in [-0.15, -0.1) is 6.58 Å². The van der Waals surface area contributed by atoms with E-state index in [2.05, 4.69) is 22.2 Å². The molecule has 1 amide bonds. The van der Waals surface area contributed by atoms with Crippen molar-refractivity contribution in [2.24, 2.45) is 11.8 Å². The highest BCUT2D eigenvalue weighted by molar-refractivity contribution is 6.06. The van der Waals surface area contributed by atoms with Crippen LogP contribution in [0.2, 0.25) is 0 Å². The molecule has 0 unspecified atom stereocenters. The first-order chi connectivity index (χ1) is 16.4. The summed E-state index contributed by atoms with van der Waals surface area (Å²) in [6.07, 6.45) is 6.88. The fourth-order valence-electron chi connectivity index (χ4n) is 3.26. The van der Waals surface area contributed by atoms with E-state index in [9.17, 15) is 9.59 Å². The number of ketones is 1. The van der Waals surface area contributed by atoms with Crippen molar-refractivity contribution in [3.63, 3.8) is 0 Å². The maximum Gasteiger partial charge on any atom is 0.228 e. The Labute approximate surface area is 202 Å². The lowest BCUT2D eigenvalue weighted by Crippen LogP contribution is -2.15. The zero-order chi connectivity index (χ0) is 25.3. The lowest BCUT2D eigenvalue weighted by molar-refractivity contribution is -0.117. The van der Waals surface area contributed by atoms with E-state index in [1.165, 1.54) is 6.20 Å². The van der Waals surface area contributed by atoms with Crippen molar-refractivity contribution in [2.45, 2.75) is 53.4 Å². The molecule has 2 aliphatic rings. The number of Topliss-reactive ketones (excluding diaryl/α,β-unsaturated/α-hetero) is 1. The molecular formula is C27H36N4O3. The third-order valence-corrected chi connectivity index (χ3v) is 5.21. The second kappa shape index (κ2) is 12.7. The minimum absolute atomic E-state index is 0.0382. The number of nitrogens with one attached hydrogen (secondary N) is 3. The van der Waals surface area contributed by atoms with Crippen LogP contribution in [0.1, 0.15) is 69.3 Å². The number of anilines is 3. The van der Waals surface area contributed by atoms with Gasteiger partial charge in [0, 0.05) is 35.4 Å². The number of para-hydroxylation sites is 1. The van der Waals surface area contributed by atoms with Gasteiger partial charge in [-0.25, -0.2) is 4.98 Å². The maximum absolute atomic E-state index is 12.8. The minimum atomic E-state index is -0.0382. The van der Waals surface area contributed by atoms with Crippen molar-refractivity contribution in [1.82, 2.24) is 4.98 Å². The molecule has 34 heavy (non-hydrogen) atoms. The molecule has 0 bridgehead atoms. The lowest BCUT2D eigenvalue weighted by Gasteiger charge is -2.17. The molecule has 182 valence electrons. The quantitative estimate of drug-likeness (QED) is 0.239. The van der Waals surface area contributed by atoms with Crippen molar-refractivity contribution in [3.8, 4) is 5.75 Å². The zero-order valence-electron chi connectivity index (χ0n) is 20.8. The number of pyridine rings is 1. The molecule has 2 aliphatic carbocycles. The van der Waals surface area contributed by atoms with E-state index in [4.69, 9.17) is 10.1 Å². The predicted octanol–water partition coefficient (Wildman–Crippen LogP) is 6.38. The Morgan fingerprint density at radius 1 is 1.12 bits per heavy atom. The molecule has 0 radical (unpaired) electrons. The third-order valence-electron chi connectivity index (χ3n) is 5.21. The number of benzene rings is 1. The van der Waals surface area contributed by atoms with E-state index in [1.807, 2.05) is 39.0 Å². The van der Waals surface area contributed by atoms with Crippen LogP contribution in [0.4, 0.5) is 17.2 Å². The Morgan fingerprint density at radius 3 is 2.26 bits per heavy atom. The van der Waals surface area contributed by atoms with E-state index < -0.39 is 0 Å². The van der Waals surface area contributed by atoms with Gasteiger partial charge in [0.2, 0.25) is 5.91 Å². The number of nitrogens with zero attached hydrogens (tertiary/aromatic N) is 1. The van der Waals surface area contributed by atoms with Crippen molar-refractivity contribution in [3.05, 3.63) is 54.2 Å². The van der Waals surface area contributed by atoms with Gasteiger partial charge in [0.1, 0.15) is 5.82 Å². The molecule has 7 heteroatoms. The van der Waals surface area contributed by atoms with Crippen molar-refractivity contribution in [2.75, 3.05) is 17.7 Å². The number of allylic oxidation sites excluding steroid dienone is 1. The Morgan fingerprint density at radius 2 is 1.74 bits per heavy atom. The number of carbonyl (C=O) groups excluding carboxylic acids is 2. The molecule has 0 spiro atoms. The number of hydrogen-bond acceptors (Lipinski definition) is 6. The number of amides is 1. The molecular weight excluding hydrogens is 428 g/mol. The maximum atomic E-state index is 12.8. The Balaban J connectivity index is 0.000000758. The van der Waals surface area contributed by atoms with Crippen LogP contribution in [-0.4, -0.2) is 29.5 Å². The van der Waals surface area contributed by atoms with Gasteiger partial charge in [-0.05, 0) is 51.7 Å². The average Bonchev–Trinajstić information content (AvgIpc) is 3.73. The number of ether oxygens (including phenoxy) is 1. The normalized spacial score (nSPS) is 13.8. The molecule has 7 nitrogen and oxygen atoms in total. The highest BCUT2D eigenvalue weighted by Crippen LogP contribution is 2.38. The van der Waals surface area contributed by atoms with Gasteiger partial charge in [-0.3, -0.25) is 9.59 Å². The van der Waals surface area contributed by atoms with E-state index in [1.54, 1.807) is 26.2 Å². The van der Waals surface area contributed by atoms with Gasteiger partial charge >= 0.3 is 0 Å². The summed E-state index contributed by atoms with van der Waals surface area (Å²) < 4.78 is 5.53. The second-order valence-corrected chi connectivity index (χ2v) is 8.06. The Kier molecular flexibility index (Phi) is 9.98. The smallest absolute Gasteiger partial charge is 0.228 e. The van der Waals surface area contributed by atoms with Gasteiger partial charge < -0.3 is 20.8 Å². The number of rotatable bonds is 8. The van der Waals surface area contributed by atoms with E-state index in [0.29, 0.717) is 39.8 Å². The van der Waals surface area contributed by atoms with Crippen LogP contribution in [0.15, 0.2) is 43.1 Å². The predicted molar refractivity (Wildman–Crippen MR) is 139 cm³/mol. The summed E-state index contributed by atoms with van der Waals surface area (Å²) in [4.78, 5) is 29.2. The summed E-state index contributed by atoms with van der Waals surface area (Å²) in [6, 6.07) is 7.17. The Hall–Kier alpha value is -3.48. The fraction of sp³-hybridized carbons (Fsp3) is 0.407. The topological polar surface area (TPSA) is 104 Å². The lowest BCUT2D eigenvalue weighted by atomic mass is 10.1. The van der Waals surface area contributed by atoms with Gasteiger partial charge in [-0.1, -0.05) is 26.0 Å². The highest BCUT2D eigenvalue weighted by atomic mass is 16.5. The first-order valence-electron chi connectivity index (χ1n) is 11.8. The zero-order valence-corrected chi connectivity index (χ0v) is 20.8. The summed E-state index contributed by atoms with van der Waals surface area (Å²) in [6.45, 7) is 10.9. The van der Waals surface area contributed by atoms with E-state index in [-0.39, 0.29) is 23.5 Å². The number of carbonyl (C=O) groups is 2. The van der Waals surface area contributed by atoms with Crippen LogP contribution >= 0.6 is 0 Å². The highest BCUT2D eigenvalue weighted by Gasteiger charge is 2.33. The summed E-state index contributed by atoms with van der Waals surface area (Å²) in [5.41, 5.74) is 2.76. The molecule has 3 N–H and O–H groups in total. The molecule has 1 aromatic carbocycles. The fourth-order valence-corrected chi connectivity index (χ4v) is 3.26. The van der Waals surface area contributed by atoms with E-state index >= 15 is 0 Å². The van der Waals surface area contributed by atoms with Crippen LogP contribution in [0.3, 0.4) is 0 Å². The summed E-state index contributed by atoms with van der Waals surface area (Å²) >= 11 is 0. The molecule has 0 atom stereocenters. The number of methoxy groups -OCH3 is 1. The molecule has 2 aromatic rings.